The molecular weight excluding hydrogens is 295 g/mol. The van der Waals surface area contributed by atoms with Crippen LogP contribution in [0.15, 0.2) is 23.4 Å². The predicted octanol–water partition coefficient (Wildman–Crippen LogP) is 2.30. The zero-order chi connectivity index (χ0) is 14.8. The number of ether oxygens (including phenoxy) is 1. The van der Waals surface area contributed by atoms with E-state index in [0.717, 1.165) is 12.1 Å². The topological polar surface area (TPSA) is 56.3 Å². The van der Waals surface area contributed by atoms with Gasteiger partial charge in [-0.2, -0.15) is 13.2 Å². The molecule has 1 saturated heterocycles. The van der Waals surface area contributed by atoms with Gasteiger partial charge in [-0.25, -0.2) is 13.4 Å². The number of hydrogen-bond acceptors (Lipinski definition) is 4. The Balaban J connectivity index is 2.13. The Bertz CT molecular complexity index is 548. The second-order valence-electron chi connectivity index (χ2n) is 4.72. The molecule has 8 heteroatoms. The first-order chi connectivity index (χ1) is 9.29. The lowest BCUT2D eigenvalue weighted by atomic mass is 10.0. The highest BCUT2D eigenvalue weighted by Gasteiger charge is 2.32. The molecule has 0 bridgehead atoms. The molecule has 0 atom stereocenters. The Kier molecular flexibility index (Phi) is 4.33. The van der Waals surface area contributed by atoms with E-state index in [1.54, 1.807) is 0 Å². The van der Waals surface area contributed by atoms with Crippen LogP contribution in [0.5, 0.6) is 0 Å². The van der Waals surface area contributed by atoms with Crippen molar-refractivity contribution in [3.05, 3.63) is 23.9 Å². The second kappa shape index (κ2) is 5.69. The third kappa shape index (κ3) is 3.69. The Morgan fingerprint density at radius 2 is 1.90 bits per heavy atom. The average molecular weight is 309 g/mol. The van der Waals surface area contributed by atoms with Crippen LogP contribution in [-0.4, -0.2) is 32.4 Å². The second-order valence-corrected chi connectivity index (χ2v) is 6.70. The minimum Gasteiger partial charge on any atom is -0.381 e. The summed E-state index contributed by atoms with van der Waals surface area (Å²) >= 11 is 0. The summed E-state index contributed by atoms with van der Waals surface area (Å²) in [6.45, 7) is 1.03. The van der Waals surface area contributed by atoms with Crippen LogP contribution >= 0.6 is 0 Å². The molecule has 112 valence electrons. The van der Waals surface area contributed by atoms with Crippen LogP contribution in [0.2, 0.25) is 0 Å². The van der Waals surface area contributed by atoms with Crippen molar-refractivity contribution in [2.75, 3.05) is 19.0 Å². The lowest BCUT2D eigenvalue weighted by Gasteiger charge is -2.21. The average Bonchev–Trinajstić information content (AvgIpc) is 2.38. The van der Waals surface area contributed by atoms with Gasteiger partial charge in [-0.05, 0) is 30.9 Å². The van der Waals surface area contributed by atoms with Crippen LogP contribution < -0.4 is 0 Å². The first-order valence-electron chi connectivity index (χ1n) is 6.13. The highest BCUT2D eigenvalue weighted by atomic mass is 32.2. The Morgan fingerprint density at radius 3 is 2.40 bits per heavy atom. The maximum Gasteiger partial charge on any atom is 0.417 e. The molecule has 0 unspecified atom stereocenters. The molecule has 1 fully saturated rings. The van der Waals surface area contributed by atoms with Crippen molar-refractivity contribution in [3.63, 3.8) is 0 Å². The summed E-state index contributed by atoms with van der Waals surface area (Å²) in [7, 11) is -3.66. The van der Waals surface area contributed by atoms with Crippen LogP contribution in [0.25, 0.3) is 0 Å². The van der Waals surface area contributed by atoms with Crippen LogP contribution in [0.1, 0.15) is 18.4 Å². The summed E-state index contributed by atoms with van der Waals surface area (Å²) in [4.78, 5) is 3.44. The highest BCUT2D eigenvalue weighted by molar-refractivity contribution is 7.91. The van der Waals surface area contributed by atoms with Crippen LogP contribution in [-0.2, 0) is 20.8 Å². The molecule has 0 saturated carbocycles. The molecule has 0 spiro atoms. The van der Waals surface area contributed by atoms with Gasteiger partial charge in [0.1, 0.15) is 0 Å². The summed E-state index contributed by atoms with van der Waals surface area (Å²) < 4.78 is 66.4. The van der Waals surface area contributed by atoms with Crippen molar-refractivity contribution in [1.29, 1.82) is 0 Å². The largest absolute Gasteiger partial charge is 0.417 e. The number of halogens is 3. The van der Waals surface area contributed by atoms with Crippen LogP contribution in [0, 0.1) is 5.92 Å². The van der Waals surface area contributed by atoms with Gasteiger partial charge in [-0.1, -0.05) is 0 Å². The van der Waals surface area contributed by atoms with E-state index in [1.807, 2.05) is 0 Å². The van der Waals surface area contributed by atoms with Gasteiger partial charge in [0.25, 0.3) is 0 Å². The molecular formula is C12H14F3NO3S. The number of rotatable bonds is 3. The zero-order valence-corrected chi connectivity index (χ0v) is 11.4. The first kappa shape index (κ1) is 15.2. The monoisotopic (exact) mass is 309 g/mol. The number of nitrogens with zero attached hydrogens (tertiary/aromatic N) is 1. The standard InChI is InChI=1S/C12H14F3NO3S/c13-12(14,15)10-1-2-11(16-7-10)20(17,18)8-9-3-5-19-6-4-9/h1-2,7,9H,3-6,8H2. The minimum absolute atomic E-state index is 0.0298. The van der Waals surface area contributed by atoms with Gasteiger partial charge in [0.05, 0.1) is 11.3 Å². The molecule has 0 aliphatic carbocycles. The summed E-state index contributed by atoms with van der Waals surface area (Å²) in [5, 5.41) is -0.308. The maximum absolute atomic E-state index is 12.4. The van der Waals surface area contributed by atoms with E-state index in [-0.39, 0.29) is 16.7 Å². The third-order valence-corrected chi connectivity index (χ3v) is 4.97. The fourth-order valence-corrected chi connectivity index (χ4v) is 3.65. The molecule has 1 aliphatic heterocycles. The highest BCUT2D eigenvalue weighted by Crippen LogP contribution is 2.29. The molecule has 0 amide bonds. The van der Waals surface area contributed by atoms with Gasteiger partial charge in [0, 0.05) is 19.4 Å². The SMILES string of the molecule is O=S(=O)(CC1CCOCC1)c1ccc(C(F)(F)F)cn1. The summed E-state index contributed by atoms with van der Waals surface area (Å²) in [6, 6.07) is 1.65. The summed E-state index contributed by atoms with van der Waals surface area (Å²) in [6.07, 6.45) is -2.69. The van der Waals surface area contributed by atoms with Gasteiger partial charge in [0.15, 0.2) is 14.9 Å². The van der Waals surface area contributed by atoms with Crippen LogP contribution in [0.4, 0.5) is 13.2 Å². The zero-order valence-electron chi connectivity index (χ0n) is 10.6. The smallest absolute Gasteiger partial charge is 0.381 e. The fraction of sp³-hybridized carbons (Fsp3) is 0.583. The Hall–Kier alpha value is -1.15. The molecule has 4 nitrogen and oxygen atoms in total. The number of pyridine rings is 1. The number of sulfone groups is 1. The molecule has 1 aliphatic rings. The normalized spacial score (nSPS) is 18.1. The summed E-state index contributed by atoms with van der Waals surface area (Å²) in [5.41, 5.74) is -0.956. The van der Waals surface area contributed by atoms with Gasteiger partial charge in [0.2, 0.25) is 0 Å². The maximum atomic E-state index is 12.4. The van der Waals surface area contributed by atoms with Crippen LogP contribution in [0.3, 0.4) is 0 Å². The first-order valence-corrected chi connectivity index (χ1v) is 7.78. The lowest BCUT2D eigenvalue weighted by molar-refractivity contribution is -0.137. The van der Waals surface area contributed by atoms with Gasteiger partial charge < -0.3 is 4.74 Å². The van der Waals surface area contributed by atoms with E-state index in [0.29, 0.717) is 32.3 Å². The fourth-order valence-electron chi connectivity index (χ4n) is 2.04. The number of hydrogen-bond donors (Lipinski definition) is 0. The molecule has 0 radical (unpaired) electrons. The van der Waals surface area contributed by atoms with Gasteiger partial charge in [-0.3, -0.25) is 0 Å². The van der Waals surface area contributed by atoms with E-state index in [1.165, 1.54) is 0 Å². The third-order valence-electron chi connectivity index (χ3n) is 3.18. The lowest BCUT2D eigenvalue weighted by Crippen LogP contribution is -2.24. The van der Waals surface area contributed by atoms with E-state index in [4.69, 9.17) is 4.74 Å². The quantitative estimate of drug-likeness (QED) is 0.859. The molecule has 0 N–H and O–H groups in total. The van der Waals surface area contributed by atoms with Crippen molar-refractivity contribution < 1.29 is 26.3 Å². The van der Waals surface area contributed by atoms with E-state index in [9.17, 15) is 21.6 Å². The van der Waals surface area contributed by atoms with E-state index < -0.39 is 21.6 Å². The molecule has 2 heterocycles. The summed E-state index contributed by atoms with van der Waals surface area (Å²) in [5.74, 6) is -0.132. The molecule has 20 heavy (non-hydrogen) atoms. The number of aromatic nitrogens is 1. The minimum atomic E-state index is -4.52. The molecule has 0 aromatic carbocycles. The molecule has 1 aromatic rings. The van der Waals surface area contributed by atoms with Crippen molar-refractivity contribution in [3.8, 4) is 0 Å². The van der Waals surface area contributed by atoms with Gasteiger partial charge in [-0.15, -0.1) is 0 Å². The Morgan fingerprint density at radius 1 is 1.25 bits per heavy atom. The van der Waals surface area contributed by atoms with E-state index >= 15 is 0 Å². The van der Waals surface area contributed by atoms with E-state index in [2.05, 4.69) is 4.98 Å². The van der Waals surface area contributed by atoms with Crippen molar-refractivity contribution in [2.45, 2.75) is 24.0 Å². The number of alkyl halides is 3. The predicted molar refractivity (Wildman–Crippen MR) is 64.8 cm³/mol. The van der Waals surface area contributed by atoms with Crippen molar-refractivity contribution in [2.24, 2.45) is 5.92 Å². The Labute approximate surface area is 114 Å². The van der Waals surface area contributed by atoms with Crippen molar-refractivity contribution >= 4 is 9.84 Å². The van der Waals surface area contributed by atoms with Gasteiger partial charge >= 0.3 is 6.18 Å². The molecule has 2 rings (SSSR count). The van der Waals surface area contributed by atoms with Crippen molar-refractivity contribution in [1.82, 2.24) is 4.98 Å². The molecule has 1 aromatic heterocycles.